The summed E-state index contributed by atoms with van der Waals surface area (Å²) in [5.41, 5.74) is 4.74. The van der Waals surface area contributed by atoms with E-state index in [1.54, 1.807) is 11.8 Å². The molecular weight excluding hydrogens is 276 g/mol. The first kappa shape index (κ1) is 14.0. The van der Waals surface area contributed by atoms with Gasteiger partial charge in [0.25, 0.3) is 0 Å². The standard InChI is InChI=1S/C18H18N2S/c1-13-9-10-16-15(11-13)17(21-18(19-16)20(2)3)12-14-7-5-4-6-8-14/h4-12H,1-3H3. The Morgan fingerprint density at radius 2 is 1.81 bits per heavy atom. The van der Waals surface area contributed by atoms with Crippen LogP contribution in [0.4, 0.5) is 5.69 Å². The lowest BCUT2D eigenvalue weighted by Gasteiger charge is -2.23. The SMILES string of the molecule is Cc1ccc2c(c1)C(=Cc1ccccc1)SC(N(C)C)=N2. The quantitative estimate of drug-likeness (QED) is 0.751. The minimum absolute atomic E-state index is 1.02. The first-order chi connectivity index (χ1) is 10.1. The molecule has 0 fully saturated rings. The van der Waals surface area contributed by atoms with Crippen molar-refractivity contribution in [3.05, 3.63) is 65.2 Å². The molecule has 2 nitrogen and oxygen atoms in total. The Morgan fingerprint density at radius 3 is 2.52 bits per heavy atom. The maximum Gasteiger partial charge on any atom is 0.168 e. The summed E-state index contributed by atoms with van der Waals surface area (Å²) in [6, 6.07) is 16.9. The monoisotopic (exact) mass is 294 g/mol. The van der Waals surface area contributed by atoms with E-state index < -0.39 is 0 Å². The van der Waals surface area contributed by atoms with Gasteiger partial charge in [-0.2, -0.15) is 0 Å². The smallest absolute Gasteiger partial charge is 0.168 e. The molecule has 0 N–H and O–H groups in total. The second-order valence-electron chi connectivity index (χ2n) is 5.33. The van der Waals surface area contributed by atoms with E-state index in [-0.39, 0.29) is 0 Å². The number of hydrogen-bond acceptors (Lipinski definition) is 3. The Labute approximate surface area is 130 Å². The zero-order valence-electron chi connectivity index (χ0n) is 12.5. The predicted octanol–water partition coefficient (Wildman–Crippen LogP) is 4.79. The average Bonchev–Trinajstić information content (AvgIpc) is 2.48. The minimum atomic E-state index is 1.02. The Morgan fingerprint density at radius 1 is 1.05 bits per heavy atom. The van der Waals surface area contributed by atoms with Crippen molar-refractivity contribution in [2.75, 3.05) is 14.1 Å². The number of thioether (sulfide) groups is 1. The van der Waals surface area contributed by atoms with Gasteiger partial charge in [0, 0.05) is 24.6 Å². The lowest BCUT2D eigenvalue weighted by atomic mass is 10.1. The van der Waals surface area contributed by atoms with E-state index >= 15 is 0 Å². The van der Waals surface area contributed by atoms with Crippen molar-refractivity contribution in [2.45, 2.75) is 6.92 Å². The van der Waals surface area contributed by atoms with Crippen LogP contribution < -0.4 is 0 Å². The Hall–Kier alpha value is -2.00. The van der Waals surface area contributed by atoms with Crippen LogP contribution in [0, 0.1) is 6.92 Å². The molecule has 1 aliphatic rings. The molecule has 0 bridgehead atoms. The molecule has 3 rings (SSSR count). The van der Waals surface area contributed by atoms with Gasteiger partial charge in [-0.15, -0.1) is 0 Å². The summed E-state index contributed by atoms with van der Waals surface area (Å²) >= 11 is 1.72. The van der Waals surface area contributed by atoms with Crippen LogP contribution in [0.25, 0.3) is 11.0 Å². The molecule has 0 atom stereocenters. The molecule has 3 heteroatoms. The number of amidine groups is 1. The number of rotatable bonds is 1. The van der Waals surface area contributed by atoms with Crippen LogP contribution in [-0.4, -0.2) is 24.2 Å². The minimum Gasteiger partial charge on any atom is -0.357 e. The molecular formula is C18H18N2S. The Kier molecular flexibility index (Phi) is 3.84. The largest absolute Gasteiger partial charge is 0.357 e. The molecule has 2 aromatic rings. The third-order valence-electron chi connectivity index (χ3n) is 3.31. The van der Waals surface area contributed by atoms with Crippen LogP contribution in [0.15, 0.2) is 53.5 Å². The van der Waals surface area contributed by atoms with Crippen molar-refractivity contribution in [3.8, 4) is 0 Å². The molecule has 0 aliphatic carbocycles. The van der Waals surface area contributed by atoms with E-state index in [4.69, 9.17) is 4.99 Å². The number of aryl methyl sites for hydroxylation is 1. The van der Waals surface area contributed by atoms with Crippen LogP contribution in [0.2, 0.25) is 0 Å². The van der Waals surface area contributed by atoms with Gasteiger partial charge in [-0.1, -0.05) is 53.7 Å². The predicted molar refractivity (Wildman–Crippen MR) is 93.9 cm³/mol. The fourth-order valence-corrected chi connectivity index (χ4v) is 3.21. The maximum absolute atomic E-state index is 4.74. The first-order valence-corrected chi connectivity index (χ1v) is 7.77. The summed E-state index contributed by atoms with van der Waals surface area (Å²) in [6.45, 7) is 2.12. The molecule has 0 saturated carbocycles. The molecule has 0 amide bonds. The van der Waals surface area contributed by atoms with E-state index in [1.165, 1.54) is 21.6 Å². The van der Waals surface area contributed by atoms with Crippen molar-refractivity contribution in [3.63, 3.8) is 0 Å². The van der Waals surface area contributed by atoms with Crippen molar-refractivity contribution in [2.24, 2.45) is 4.99 Å². The molecule has 0 spiro atoms. The van der Waals surface area contributed by atoms with Gasteiger partial charge in [0.2, 0.25) is 0 Å². The summed E-state index contributed by atoms with van der Waals surface area (Å²) in [4.78, 5) is 8.05. The summed E-state index contributed by atoms with van der Waals surface area (Å²) in [5, 5.41) is 1.02. The van der Waals surface area contributed by atoms with E-state index in [2.05, 4.69) is 60.4 Å². The van der Waals surface area contributed by atoms with Crippen molar-refractivity contribution in [1.82, 2.24) is 4.90 Å². The topological polar surface area (TPSA) is 15.6 Å². The van der Waals surface area contributed by atoms with Crippen molar-refractivity contribution < 1.29 is 0 Å². The molecule has 0 aromatic heterocycles. The maximum atomic E-state index is 4.74. The Balaban J connectivity index is 2.12. The van der Waals surface area contributed by atoms with E-state index in [0.717, 1.165) is 10.9 Å². The molecule has 1 heterocycles. The zero-order valence-corrected chi connectivity index (χ0v) is 13.3. The van der Waals surface area contributed by atoms with Gasteiger partial charge in [-0.25, -0.2) is 4.99 Å². The van der Waals surface area contributed by atoms with Gasteiger partial charge in [0.05, 0.1) is 5.69 Å². The summed E-state index contributed by atoms with van der Waals surface area (Å²) in [5.74, 6) is 0. The number of nitrogens with zero attached hydrogens (tertiary/aromatic N) is 2. The van der Waals surface area contributed by atoms with Crippen LogP contribution >= 0.6 is 11.8 Å². The third kappa shape index (κ3) is 3.03. The molecule has 1 aliphatic heterocycles. The van der Waals surface area contributed by atoms with Crippen LogP contribution in [-0.2, 0) is 0 Å². The van der Waals surface area contributed by atoms with Gasteiger partial charge in [-0.3, -0.25) is 0 Å². The number of benzene rings is 2. The number of hydrogen-bond donors (Lipinski definition) is 0. The number of aliphatic imine (C=N–C) groups is 1. The molecule has 0 saturated heterocycles. The molecule has 21 heavy (non-hydrogen) atoms. The van der Waals surface area contributed by atoms with Gasteiger partial charge < -0.3 is 4.90 Å². The van der Waals surface area contributed by atoms with Gasteiger partial charge >= 0.3 is 0 Å². The summed E-state index contributed by atoms with van der Waals surface area (Å²) in [6.07, 6.45) is 2.24. The summed E-state index contributed by atoms with van der Waals surface area (Å²) < 4.78 is 0. The van der Waals surface area contributed by atoms with Crippen LogP contribution in [0.5, 0.6) is 0 Å². The molecule has 106 valence electrons. The van der Waals surface area contributed by atoms with Gasteiger partial charge in [0.15, 0.2) is 5.17 Å². The highest BCUT2D eigenvalue weighted by molar-refractivity contribution is 8.21. The molecule has 2 aromatic carbocycles. The third-order valence-corrected chi connectivity index (χ3v) is 4.51. The van der Waals surface area contributed by atoms with Gasteiger partial charge in [0.1, 0.15) is 0 Å². The lowest BCUT2D eigenvalue weighted by Crippen LogP contribution is -2.19. The summed E-state index contributed by atoms with van der Waals surface area (Å²) in [7, 11) is 4.07. The highest BCUT2D eigenvalue weighted by atomic mass is 32.2. The van der Waals surface area contributed by atoms with Gasteiger partial charge in [-0.05, 0) is 30.7 Å². The van der Waals surface area contributed by atoms with E-state index in [9.17, 15) is 0 Å². The number of fused-ring (bicyclic) bond motifs is 1. The fraction of sp³-hybridized carbons (Fsp3) is 0.167. The van der Waals surface area contributed by atoms with E-state index in [0.29, 0.717) is 0 Å². The van der Waals surface area contributed by atoms with Crippen LogP contribution in [0.3, 0.4) is 0 Å². The zero-order chi connectivity index (χ0) is 14.8. The lowest BCUT2D eigenvalue weighted by molar-refractivity contribution is 0.636. The van der Waals surface area contributed by atoms with Crippen molar-refractivity contribution in [1.29, 1.82) is 0 Å². The highest BCUT2D eigenvalue weighted by Crippen LogP contribution is 2.42. The normalized spacial score (nSPS) is 15.6. The van der Waals surface area contributed by atoms with Crippen molar-refractivity contribution >= 4 is 33.6 Å². The fourth-order valence-electron chi connectivity index (χ4n) is 2.22. The highest BCUT2D eigenvalue weighted by Gasteiger charge is 2.19. The van der Waals surface area contributed by atoms with Crippen LogP contribution in [0.1, 0.15) is 16.7 Å². The first-order valence-electron chi connectivity index (χ1n) is 6.95. The molecule has 0 radical (unpaired) electrons. The second kappa shape index (κ2) is 5.78. The molecule has 0 unspecified atom stereocenters. The second-order valence-corrected chi connectivity index (χ2v) is 6.34. The Bertz CT molecular complexity index is 715. The van der Waals surface area contributed by atoms with E-state index in [1.807, 2.05) is 20.2 Å². The average molecular weight is 294 g/mol.